The van der Waals surface area contributed by atoms with E-state index in [9.17, 15) is 24.6 Å². The van der Waals surface area contributed by atoms with Crippen LogP contribution in [0.3, 0.4) is 0 Å². The molecule has 2 aromatic rings. The fourth-order valence-electron chi connectivity index (χ4n) is 1.52. The molecule has 0 aliphatic rings. The second-order valence-corrected chi connectivity index (χ2v) is 3.67. The Kier molecular flexibility index (Phi) is 3.19. The van der Waals surface area contributed by atoms with Crippen LogP contribution in [0, 0.1) is 26.0 Å². The largest absolute Gasteiger partial charge is 0.389 e. The van der Waals surface area contributed by atoms with Gasteiger partial charge in [0.15, 0.2) is 0 Å². The lowest BCUT2D eigenvalue weighted by Crippen LogP contribution is -2.02. The average Bonchev–Trinajstić information content (AvgIpc) is 2.77. The van der Waals surface area contributed by atoms with E-state index in [1.54, 1.807) is 0 Å². The first-order chi connectivity index (χ1) is 8.97. The Morgan fingerprint density at radius 2 is 1.95 bits per heavy atom. The van der Waals surface area contributed by atoms with Crippen molar-refractivity contribution in [2.24, 2.45) is 0 Å². The minimum absolute atomic E-state index is 0.0861. The van der Waals surface area contributed by atoms with E-state index in [1.807, 2.05) is 0 Å². The van der Waals surface area contributed by atoms with Gasteiger partial charge in [-0.05, 0) is 16.6 Å². The van der Waals surface area contributed by atoms with Crippen molar-refractivity contribution in [3.8, 4) is 0 Å². The molecule has 1 heterocycles. The van der Waals surface area contributed by atoms with Crippen LogP contribution in [0.5, 0.6) is 0 Å². The Morgan fingerprint density at radius 3 is 2.47 bits per heavy atom. The van der Waals surface area contributed by atoms with Crippen LogP contribution in [0.4, 0.5) is 15.9 Å². The van der Waals surface area contributed by atoms with E-state index in [-0.39, 0.29) is 12.4 Å². The molecule has 98 valence electrons. The van der Waals surface area contributed by atoms with E-state index in [0.29, 0.717) is 5.56 Å². The molecule has 0 N–H and O–H groups in total. The third-order valence-corrected chi connectivity index (χ3v) is 2.37. The molecule has 1 aromatic carbocycles. The number of aromatic nitrogens is 2. The maximum atomic E-state index is 13.4. The van der Waals surface area contributed by atoms with Crippen molar-refractivity contribution >= 4 is 11.5 Å². The van der Waals surface area contributed by atoms with Crippen molar-refractivity contribution in [2.75, 3.05) is 0 Å². The van der Waals surface area contributed by atoms with Crippen LogP contribution in [0.1, 0.15) is 5.56 Å². The second kappa shape index (κ2) is 4.80. The average molecular weight is 266 g/mol. The standard InChI is InChI=1S/C10H7FN4O4/c11-8-5-7(1-2-9(8)14(16)17)6-13-4-3-10(12-13)15(18)19/h1-5H,6H2. The Bertz CT molecular complexity index is 655. The Morgan fingerprint density at radius 1 is 1.21 bits per heavy atom. The first kappa shape index (κ1) is 12.6. The zero-order valence-electron chi connectivity index (χ0n) is 9.39. The Labute approximate surface area is 105 Å². The van der Waals surface area contributed by atoms with Crippen LogP contribution in [0.25, 0.3) is 0 Å². The number of benzene rings is 1. The highest BCUT2D eigenvalue weighted by Crippen LogP contribution is 2.18. The maximum absolute atomic E-state index is 13.4. The number of nitro groups is 2. The molecule has 0 saturated carbocycles. The molecule has 0 fully saturated rings. The minimum atomic E-state index is -0.954. The highest BCUT2D eigenvalue weighted by Gasteiger charge is 2.15. The molecule has 8 nitrogen and oxygen atoms in total. The number of nitro benzene ring substituents is 1. The summed E-state index contributed by atoms with van der Waals surface area (Å²) in [6.45, 7) is 0.0861. The van der Waals surface area contributed by atoms with Crippen molar-refractivity contribution in [3.05, 3.63) is 62.1 Å². The zero-order valence-corrected chi connectivity index (χ0v) is 9.39. The Hall–Kier alpha value is -2.84. The summed E-state index contributed by atoms with van der Waals surface area (Å²) in [5.41, 5.74) is -0.198. The lowest BCUT2D eigenvalue weighted by Gasteiger charge is -1.99. The molecule has 0 unspecified atom stereocenters. The smallest absolute Gasteiger partial charge is 0.358 e. The molecule has 0 aliphatic carbocycles. The van der Waals surface area contributed by atoms with Gasteiger partial charge in [-0.2, -0.15) is 9.07 Å². The van der Waals surface area contributed by atoms with Gasteiger partial charge in [0.2, 0.25) is 5.82 Å². The van der Waals surface area contributed by atoms with Crippen LogP contribution in [-0.2, 0) is 6.54 Å². The van der Waals surface area contributed by atoms with Gasteiger partial charge in [-0.15, -0.1) is 0 Å². The van der Waals surface area contributed by atoms with Gasteiger partial charge in [0, 0.05) is 6.07 Å². The van der Waals surface area contributed by atoms with Gasteiger partial charge < -0.3 is 10.1 Å². The molecule has 0 spiro atoms. The second-order valence-electron chi connectivity index (χ2n) is 3.67. The van der Waals surface area contributed by atoms with Crippen LogP contribution >= 0.6 is 0 Å². The fourth-order valence-corrected chi connectivity index (χ4v) is 1.52. The number of nitrogens with zero attached hydrogens (tertiary/aromatic N) is 4. The topological polar surface area (TPSA) is 104 Å². The van der Waals surface area contributed by atoms with Crippen molar-refractivity contribution in [3.63, 3.8) is 0 Å². The zero-order chi connectivity index (χ0) is 14.0. The van der Waals surface area contributed by atoms with E-state index in [4.69, 9.17) is 0 Å². The fraction of sp³-hybridized carbons (Fsp3) is 0.100. The molecular formula is C10H7FN4O4. The summed E-state index contributed by atoms with van der Waals surface area (Å²) < 4.78 is 14.6. The molecule has 0 bridgehead atoms. The monoisotopic (exact) mass is 266 g/mol. The summed E-state index contributed by atoms with van der Waals surface area (Å²) in [4.78, 5) is 19.4. The normalized spacial score (nSPS) is 10.4. The van der Waals surface area contributed by atoms with E-state index >= 15 is 0 Å². The highest BCUT2D eigenvalue weighted by atomic mass is 19.1. The highest BCUT2D eigenvalue weighted by molar-refractivity contribution is 5.35. The summed E-state index contributed by atoms with van der Waals surface area (Å²) >= 11 is 0. The van der Waals surface area contributed by atoms with Gasteiger partial charge in [-0.3, -0.25) is 10.1 Å². The molecule has 0 atom stereocenters. The minimum Gasteiger partial charge on any atom is -0.358 e. The summed E-state index contributed by atoms with van der Waals surface area (Å²) in [5.74, 6) is -1.27. The van der Waals surface area contributed by atoms with Gasteiger partial charge in [0.1, 0.15) is 0 Å². The predicted octanol–water partition coefficient (Wildman–Crippen LogP) is 1.89. The van der Waals surface area contributed by atoms with Crippen molar-refractivity contribution < 1.29 is 14.2 Å². The lowest BCUT2D eigenvalue weighted by atomic mass is 10.2. The number of rotatable bonds is 4. The van der Waals surface area contributed by atoms with Gasteiger partial charge in [-0.25, -0.2) is 0 Å². The number of halogens is 1. The van der Waals surface area contributed by atoms with E-state index in [2.05, 4.69) is 5.10 Å². The molecule has 19 heavy (non-hydrogen) atoms. The third kappa shape index (κ3) is 2.70. The van der Waals surface area contributed by atoms with Gasteiger partial charge in [0.05, 0.1) is 28.8 Å². The summed E-state index contributed by atoms with van der Waals surface area (Å²) in [5, 5.41) is 24.5. The number of hydrogen-bond donors (Lipinski definition) is 0. The molecule has 2 rings (SSSR count). The quantitative estimate of drug-likeness (QED) is 0.620. The van der Waals surface area contributed by atoms with Gasteiger partial charge in [0.25, 0.3) is 0 Å². The lowest BCUT2D eigenvalue weighted by molar-refractivity contribution is -0.389. The van der Waals surface area contributed by atoms with E-state index < -0.39 is 21.4 Å². The molecule has 0 radical (unpaired) electrons. The summed E-state index contributed by atoms with van der Waals surface area (Å²) in [6.07, 6.45) is 1.37. The first-order valence-electron chi connectivity index (χ1n) is 5.08. The van der Waals surface area contributed by atoms with Crippen molar-refractivity contribution in [1.82, 2.24) is 9.78 Å². The SMILES string of the molecule is O=[N+]([O-])c1ccn(Cc2ccc([N+](=O)[O-])c(F)c2)n1. The van der Waals surface area contributed by atoms with Crippen molar-refractivity contribution in [1.29, 1.82) is 0 Å². The van der Waals surface area contributed by atoms with Gasteiger partial charge in [-0.1, -0.05) is 6.07 Å². The van der Waals surface area contributed by atoms with E-state index in [0.717, 1.165) is 12.1 Å². The van der Waals surface area contributed by atoms with Crippen LogP contribution < -0.4 is 0 Å². The Balaban J connectivity index is 2.21. The predicted molar refractivity (Wildman–Crippen MR) is 61.0 cm³/mol. The molecule has 1 aromatic heterocycles. The van der Waals surface area contributed by atoms with E-state index in [1.165, 1.54) is 23.0 Å². The molecule has 0 aliphatic heterocycles. The van der Waals surface area contributed by atoms with Crippen LogP contribution in [0.15, 0.2) is 30.5 Å². The summed E-state index contributed by atoms with van der Waals surface area (Å²) in [6, 6.07) is 4.63. The van der Waals surface area contributed by atoms with Gasteiger partial charge >= 0.3 is 11.5 Å². The third-order valence-electron chi connectivity index (χ3n) is 2.37. The van der Waals surface area contributed by atoms with Crippen LogP contribution in [-0.4, -0.2) is 19.6 Å². The first-order valence-corrected chi connectivity index (χ1v) is 5.08. The molecule has 0 saturated heterocycles. The summed E-state index contributed by atoms with van der Waals surface area (Å²) in [7, 11) is 0. The van der Waals surface area contributed by atoms with Crippen LogP contribution in [0.2, 0.25) is 0 Å². The number of hydrogen-bond acceptors (Lipinski definition) is 5. The molecule has 0 amide bonds. The van der Waals surface area contributed by atoms with Crippen molar-refractivity contribution in [2.45, 2.75) is 6.54 Å². The maximum Gasteiger partial charge on any atom is 0.389 e. The molecular weight excluding hydrogens is 259 g/mol. The molecule has 9 heteroatoms.